The molecule has 2 aromatic rings. The third-order valence-corrected chi connectivity index (χ3v) is 4.64. The van der Waals surface area contributed by atoms with Gasteiger partial charge in [0, 0.05) is 6.04 Å². The van der Waals surface area contributed by atoms with Crippen molar-refractivity contribution in [1.82, 2.24) is 5.32 Å². The number of rotatable bonds is 7. The zero-order chi connectivity index (χ0) is 14.7. The summed E-state index contributed by atoms with van der Waals surface area (Å²) in [7, 11) is 0. The quantitative estimate of drug-likeness (QED) is 0.728. The number of hydrogen-bond donors (Lipinski definition) is 1. The van der Waals surface area contributed by atoms with Crippen molar-refractivity contribution in [2.45, 2.75) is 58.4 Å². The van der Waals surface area contributed by atoms with Crippen LogP contribution in [-0.2, 0) is 19.3 Å². The van der Waals surface area contributed by atoms with Crippen LogP contribution in [0.4, 0.5) is 0 Å². The molecule has 112 valence electrons. The highest BCUT2D eigenvalue weighted by Gasteiger charge is 2.15. The van der Waals surface area contributed by atoms with Crippen LogP contribution in [0.25, 0.3) is 10.8 Å². The summed E-state index contributed by atoms with van der Waals surface area (Å²) >= 11 is 0. The van der Waals surface area contributed by atoms with Gasteiger partial charge in [0.25, 0.3) is 0 Å². The fourth-order valence-electron chi connectivity index (χ4n) is 3.53. The molecule has 0 amide bonds. The standard InChI is InChI=1S/C20H27N/c1-15(2)21-14-5-3-4-7-16-10-11-18-13-12-17-8-6-9-19(16)20(17)18/h6,8-11,15,21H,3-5,7,12-14H2,1-2H3. The maximum absolute atomic E-state index is 3.50. The van der Waals surface area contributed by atoms with E-state index in [0.29, 0.717) is 6.04 Å². The molecule has 0 fully saturated rings. The number of hydrogen-bond acceptors (Lipinski definition) is 1. The molecule has 3 rings (SSSR count). The molecule has 1 heteroatoms. The second kappa shape index (κ2) is 6.62. The van der Waals surface area contributed by atoms with Gasteiger partial charge in [0.15, 0.2) is 0 Å². The summed E-state index contributed by atoms with van der Waals surface area (Å²) in [5.41, 5.74) is 4.67. The minimum absolute atomic E-state index is 0.613. The van der Waals surface area contributed by atoms with Crippen molar-refractivity contribution < 1.29 is 0 Å². The van der Waals surface area contributed by atoms with Crippen molar-refractivity contribution in [2.24, 2.45) is 0 Å². The van der Waals surface area contributed by atoms with E-state index in [-0.39, 0.29) is 0 Å². The summed E-state index contributed by atoms with van der Waals surface area (Å²) < 4.78 is 0. The summed E-state index contributed by atoms with van der Waals surface area (Å²) in [5.74, 6) is 0. The minimum Gasteiger partial charge on any atom is -0.315 e. The Morgan fingerprint density at radius 1 is 0.952 bits per heavy atom. The third kappa shape index (κ3) is 3.29. The van der Waals surface area contributed by atoms with Crippen LogP contribution < -0.4 is 5.32 Å². The van der Waals surface area contributed by atoms with E-state index in [1.165, 1.54) is 43.9 Å². The summed E-state index contributed by atoms with van der Waals surface area (Å²) in [6, 6.07) is 12.2. The van der Waals surface area contributed by atoms with E-state index >= 15 is 0 Å². The summed E-state index contributed by atoms with van der Waals surface area (Å²) in [5, 5.41) is 6.58. The summed E-state index contributed by atoms with van der Waals surface area (Å²) in [4.78, 5) is 0. The smallest absolute Gasteiger partial charge is 0.00103 e. The van der Waals surface area contributed by atoms with E-state index < -0.39 is 0 Å². The Hall–Kier alpha value is -1.34. The lowest BCUT2D eigenvalue weighted by Crippen LogP contribution is -2.23. The van der Waals surface area contributed by atoms with Gasteiger partial charge in [-0.25, -0.2) is 0 Å². The first-order chi connectivity index (χ1) is 10.3. The lowest BCUT2D eigenvalue weighted by Gasteiger charge is -2.10. The lowest BCUT2D eigenvalue weighted by molar-refractivity contribution is 0.549. The Morgan fingerprint density at radius 2 is 1.76 bits per heavy atom. The van der Waals surface area contributed by atoms with Gasteiger partial charge in [-0.3, -0.25) is 0 Å². The largest absolute Gasteiger partial charge is 0.315 e. The molecule has 0 unspecified atom stereocenters. The Morgan fingerprint density at radius 3 is 2.57 bits per heavy atom. The van der Waals surface area contributed by atoms with E-state index in [1.54, 1.807) is 22.1 Å². The molecule has 21 heavy (non-hydrogen) atoms. The molecule has 1 aliphatic rings. The molecule has 1 N–H and O–H groups in total. The van der Waals surface area contributed by atoms with Crippen LogP contribution in [0.2, 0.25) is 0 Å². The maximum Gasteiger partial charge on any atom is 0.00103 e. The predicted molar refractivity (Wildman–Crippen MR) is 92.0 cm³/mol. The molecule has 0 aromatic heterocycles. The normalized spacial score (nSPS) is 13.5. The number of nitrogens with one attached hydrogen (secondary N) is 1. The van der Waals surface area contributed by atoms with Gasteiger partial charge in [-0.2, -0.15) is 0 Å². The third-order valence-electron chi connectivity index (χ3n) is 4.64. The van der Waals surface area contributed by atoms with E-state index in [0.717, 1.165) is 6.54 Å². The van der Waals surface area contributed by atoms with Crippen LogP contribution in [0.5, 0.6) is 0 Å². The van der Waals surface area contributed by atoms with Crippen LogP contribution in [0, 0.1) is 0 Å². The van der Waals surface area contributed by atoms with Gasteiger partial charge in [0.2, 0.25) is 0 Å². The first-order valence-corrected chi connectivity index (χ1v) is 8.51. The highest BCUT2D eigenvalue weighted by molar-refractivity contribution is 5.93. The highest BCUT2D eigenvalue weighted by atomic mass is 14.9. The van der Waals surface area contributed by atoms with Gasteiger partial charge >= 0.3 is 0 Å². The number of benzene rings is 2. The first kappa shape index (κ1) is 14.6. The molecule has 0 heterocycles. The van der Waals surface area contributed by atoms with E-state index in [2.05, 4.69) is 49.5 Å². The fourth-order valence-corrected chi connectivity index (χ4v) is 3.53. The Balaban J connectivity index is 1.61. The molecule has 0 saturated carbocycles. The Bertz CT molecular complexity index is 602. The molecule has 0 aliphatic heterocycles. The molecule has 0 radical (unpaired) electrons. The van der Waals surface area contributed by atoms with Crippen molar-refractivity contribution in [3.8, 4) is 0 Å². The predicted octanol–water partition coefficient (Wildman–Crippen LogP) is 4.65. The zero-order valence-corrected chi connectivity index (χ0v) is 13.4. The Labute approximate surface area is 128 Å². The topological polar surface area (TPSA) is 12.0 Å². The second-order valence-corrected chi connectivity index (χ2v) is 6.64. The van der Waals surface area contributed by atoms with Gasteiger partial charge in [-0.1, -0.05) is 50.6 Å². The lowest BCUT2D eigenvalue weighted by atomic mass is 9.96. The van der Waals surface area contributed by atoms with Gasteiger partial charge in [0.05, 0.1) is 0 Å². The maximum atomic E-state index is 3.50. The molecule has 0 spiro atoms. The Kier molecular flexibility index (Phi) is 4.60. The van der Waals surface area contributed by atoms with Crippen LogP contribution in [0.15, 0.2) is 30.3 Å². The molecule has 0 saturated heterocycles. The van der Waals surface area contributed by atoms with Crippen molar-refractivity contribution in [2.75, 3.05) is 6.54 Å². The van der Waals surface area contributed by atoms with Gasteiger partial charge < -0.3 is 5.32 Å². The van der Waals surface area contributed by atoms with E-state index in [1.807, 2.05) is 0 Å². The van der Waals surface area contributed by atoms with Crippen molar-refractivity contribution >= 4 is 10.8 Å². The highest BCUT2D eigenvalue weighted by Crippen LogP contribution is 2.33. The zero-order valence-electron chi connectivity index (χ0n) is 13.4. The van der Waals surface area contributed by atoms with Gasteiger partial charge in [0.1, 0.15) is 0 Å². The average molecular weight is 281 g/mol. The van der Waals surface area contributed by atoms with Gasteiger partial charge in [-0.05, 0) is 66.1 Å². The van der Waals surface area contributed by atoms with E-state index in [9.17, 15) is 0 Å². The van der Waals surface area contributed by atoms with Crippen LogP contribution >= 0.6 is 0 Å². The molecule has 0 bridgehead atoms. The monoisotopic (exact) mass is 281 g/mol. The molecule has 1 aliphatic carbocycles. The fraction of sp³-hybridized carbons (Fsp3) is 0.500. The van der Waals surface area contributed by atoms with Crippen molar-refractivity contribution in [1.29, 1.82) is 0 Å². The van der Waals surface area contributed by atoms with Crippen molar-refractivity contribution in [3.05, 3.63) is 47.0 Å². The minimum atomic E-state index is 0.613. The van der Waals surface area contributed by atoms with Crippen molar-refractivity contribution in [3.63, 3.8) is 0 Å². The van der Waals surface area contributed by atoms with Gasteiger partial charge in [-0.15, -0.1) is 0 Å². The molecule has 1 nitrogen and oxygen atoms in total. The molecule has 0 atom stereocenters. The SMILES string of the molecule is CC(C)NCCCCCc1ccc2c3c(cccc13)CC2. The summed E-state index contributed by atoms with van der Waals surface area (Å²) in [6.07, 6.45) is 7.61. The second-order valence-electron chi connectivity index (χ2n) is 6.64. The van der Waals surface area contributed by atoms with Crippen LogP contribution in [-0.4, -0.2) is 12.6 Å². The number of unbranched alkanes of at least 4 members (excludes halogenated alkanes) is 2. The summed E-state index contributed by atoms with van der Waals surface area (Å²) in [6.45, 7) is 5.58. The van der Waals surface area contributed by atoms with E-state index in [4.69, 9.17) is 0 Å². The molecule has 2 aromatic carbocycles. The first-order valence-electron chi connectivity index (χ1n) is 8.51. The van der Waals surface area contributed by atoms with Crippen LogP contribution in [0.3, 0.4) is 0 Å². The average Bonchev–Trinajstić information content (AvgIpc) is 2.90. The molecular weight excluding hydrogens is 254 g/mol. The molecular formula is C20H27N. The number of aryl methyl sites for hydroxylation is 3. The van der Waals surface area contributed by atoms with Crippen LogP contribution in [0.1, 0.15) is 49.8 Å².